The fraction of sp³-hybridized carbons (Fsp3) is 0.381. The van der Waals surface area contributed by atoms with Crippen LogP contribution in [0.15, 0.2) is 59.5 Å². The van der Waals surface area contributed by atoms with E-state index in [4.69, 9.17) is 0 Å². The summed E-state index contributed by atoms with van der Waals surface area (Å²) in [5.74, 6) is -0.172. The summed E-state index contributed by atoms with van der Waals surface area (Å²) in [5.41, 5.74) is 1.69. The van der Waals surface area contributed by atoms with Gasteiger partial charge >= 0.3 is 0 Å². The molecule has 150 valence electrons. The largest absolute Gasteiger partial charge is 0.325 e. The van der Waals surface area contributed by atoms with Crippen LogP contribution < -0.4 is 10.6 Å². The Morgan fingerprint density at radius 3 is 2.29 bits per heavy atom. The maximum atomic E-state index is 12.7. The van der Waals surface area contributed by atoms with Gasteiger partial charge in [-0.3, -0.25) is 4.79 Å². The minimum atomic E-state index is -3.45. The molecule has 0 aromatic heterocycles. The average molecular weight is 402 g/mol. The van der Waals surface area contributed by atoms with Crippen molar-refractivity contribution in [2.45, 2.75) is 37.1 Å². The standard InChI is InChI=1S/C21H27N3O3S/c1-17(18-8-4-2-5-9-18)22-16-21(25)23-19-10-12-20(13-11-19)28(26,27)24-14-6-3-7-15-24/h2,4-5,8-13,17,22H,3,6-7,14-16H2,1H3,(H,23,25)/t17-/m1/s1. The average Bonchev–Trinajstić information content (AvgIpc) is 2.73. The maximum Gasteiger partial charge on any atom is 0.243 e. The Kier molecular flexibility index (Phi) is 6.83. The molecule has 2 N–H and O–H groups in total. The SMILES string of the molecule is C[C@@H](NCC(=O)Nc1ccc(S(=O)(=O)N2CCCCC2)cc1)c1ccccc1. The highest BCUT2D eigenvalue weighted by atomic mass is 32.2. The van der Waals surface area contributed by atoms with Gasteiger partial charge in [0.1, 0.15) is 0 Å². The molecule has 1 heterocycles. The molecule has 2 aromatic carbocycles. The second-order valence-corrected chi connectivity index (χ2v) is 8.99. The molecule has 1 atom stereocenters. The number of amides is 1. The molecule has 1 amide bonds. The molecule has 28 heavy (non-hydrogen) atoms. The van der Waals surface area contributed by atoms with Crippen LogP contribution in [0.3, 0.4) is 0 Å². The summed E-state index contributed by atoms with van der Waals surface area (Å²) in [6.45, 7) is 3.32. The lowest BCUT2D eigenvalue weighted by Gasteiger charge is -2.25. The first-order valence-corrected chi connectivity index (χ1v) is 11.1. The number of nitrogens with one attached hydrogen (secondary N) is 2. The van der Waals surface area contributed by atoms with Gasteiger partial charge in [0.15, 0.2) is 0 Å². The van der Waals surface area contributed by atoms with E-state index in [0.29, 0.717) is 18.8 Å². The lowest BCUT2D eigenvalue weighted by molar-refractivity contribution is -0.115. The Hall–Kier alpha value is -2.22. The van der Waals surface area contributed by atoms with Gasteiger partial charge in [-0.05, 0) is 49.6 Å². The molecule has 7 heteroatoms. The smallest absolute Gasteiger partial charge is 0.243 e. The molecule has 1 fully saturated rings. The van der Waals surface area contributed by atoms with Crippen molar-refractivity contribution in [2.75, 3.05) is 25.0 Å². The van der Waals surface area contributed by atoms with E-state index in [1.807, 2.05) is 37.3 Å². The molecule has 0 spiro atoms. The Morgan fingerprint density at radius 1 is 1.00 bits per heavy atom. The van der Waals surface area contributed by atoms with E-state index in [1.165, 1.54) is 0 Å². The lowest BCUT2D eigenvalue weighted by Crippen LogP contribution is -2.35. The van der Waals surface area contributed by atoms with Crippen molar-refractivity contribution in [3.05, 3.63) is 60.2 Å². The zero-order valence-electron chi connectivity index (χ0n) is 16.1. The van der Waals surface area contributed by atoms with E-state index < -0.39 is 10.0 Å². The van der Waals surface area contributed by atoms with Crippen LogP contribution in [-0.2, 0) is 14.8 Å². The number of hydrogen-bond acceptors (Lipinski definition) is 4. The van der Waals surface area contributed by atoms with Crippen molar-refractivity contribution in [1.82, 2.24) is 9.62 Å². The summed E-state index contributed by atoms with van der Waals surface area (Å²) in [6.07, 6.45) is 2.89. The van der Waals surface area contributed by atoms with Crippen LogP contribution in [0.1, 0.15) is 37.8 Å². The first-order valence-electron chi connectivity index (χ1n) is 9.65. The molecule has 1 aliphatic rings. The molecule has 0 bridgehead atoms. The van der Waals surface area contributed by atoms with Crippen molar-refractivity contribution in [3.63, 3.8) is 0 Å². The Balaban J connectivity index is 1.54. The summed E-state index contributed by atoms with van der Waals surface area (Å²) in [7, 11) is -3.45. The third-order valence-corrected chi connectivity index (χ3v) is 6.87. The van der Waals surface area contributed by atoms with Crippen molar-refractivity contribution in [3.8, 4) is 0 Å². The first-order chi connectivity index (χ1) is 13.5. The minimum Gasteiger partial charge on any atom is -0.325 e. The molecule has 0 radical (unpaired) electrons. The highest BCUT2D eigenvalue weighted by molar-refractivity contribution is 7.89. The van der Waals surface area contributed by atoms with Crippen LogP contribution >= 0.6 is 0 Å². The number of anilines is 1. The number of benzene rings is 2. The normalized spacial score (nSPS) is 16.5. The Bertz CT molecular complexity index is 877. The zero-order valence-corrected chi connectivity index (χ0v) is 16.9. The van der Waals surface area contributed by atoms with Crippen LogP contribution in [0.2, 0.25) is 0 Å². The summed E-state index contributed by atoms with van der Waals surface area (Å²) in [6, 6.07) is 16.3. The van der Waals surface area contributed by atoms with Gasteiger partial charge in [0.25, 0.3) is 0 Å². The third-order valence-electron chi connectivity index (χ3n) is 4.96. The Labute approximate surface area is 167 Å². The molecule has 0 saturated carbocycles. The third kappa shape index (κ3) is 5.19. The summed E-state index contributed by atoms with van der Waals surface area (Å²) >= 11 is 0. The van der Waals surface area contributed by atoms with E-state index in [-0.39, 0.29) is 23.4 Å². The maximum absolute atomic E-state index is 12.7. The predicted octanol–water partition coefficient (Wildman–Crippen LogP) is 3.15. The number of hydrogen-bond donors (Lipinski definition) is 2. The number of carbonyl (C=O) groups is 1. The van der Waals surface area contributed by atoms with Gasteiger partial charge in [0.2, 0.25) is 15.9 Å². The van der Waals surface area contributed by atoms with Crippen LogP contribution in [0.25, 0.3) is 0 Å². The van der Waals surface area contributed by atoms with Gasteiger partial charge < -0.3 is 10.6 Å². The van der Waals surface area contributed by atoms with E-state index in [0.717, 1.165) is 24.8 Å². The lowest BCUT2D eigenvalue weighted by atomic mass is 10.1. The van der Waals surface area contributed by atoms with Gasteiger partial charge in [-0.2, -0.15) is 4.31 Å². The van der Waals surface area contributed by atoms with E-state index in [9.17, 15) is 13.2 Å². The van der Waals surface area contributed by atoms with Crippen molar-refractivity contribution in [1.29, 1.82) is 0 Å². The molecular weight excluding hydrogens is 374 g/mol. The van der Waals surface area contributed by atoms with Crippen LogP contribution in [0, 0.1) is 0 Å². The van der Waals surface area contributed by atoms with Crippen molar-refractivity contribution >= 4 is 21.6 Å². The predicted molar refractivity (Wildman–Crippen MR) is 111 cm³/mol. The molecule has 1 aliphatic heterocycles. The number of rotatable bonds is 7. The van der Waals surface area contributed by atoms with Gasteiger partial charge in [-0.25, -0.2) is 8.42 Å². The van der Waals surface area contributed by atoms with Gasteiger partial charge in [0.05, 0.1) is 11.4 Å². The monoisotopic (exact) mass is 401 g/mol. The van der Waals surface area contributed by atoms with Crippen molar-refractivity contribution in [2.24, 2.45) is 0 Å². The summed E-state index contributed by atoms with van der Waals surface area (Å²) in [4.78, 5) is 12.4. The van der Waals surface area contributed by atoms with Gasteiger partial charge in [0, 0.05) is 24.8 Å². The van der Waals surface area contributed by atoms with E-state index in [2.05, 4.69) is 10.6 Å². The molecule has 1 saturated heterocycles. The number of piperidine rings is 1. The number of sulfonamides is 1. The fourth-order valence-electron chi connectivity index (χ4n) is 3.28. The summed E-state index contributed by atoms with van der Waals surface area (Å²) in [5, 5.41) is 5.98. The van der Waals surface area contributed by atoms with Gasteiger partial charge in [-0.1, -0.05) is 36.8 Å². The first kappa shape index (κ1) is 20.5. The molecule has 0 unspecified atom stereocenters. The second kappa shape index (κ2) is 9.32. The quantitative estimate of drug-likeness (QED) is 0.747. The van der Waals surface area contributed by atoms with E-state index in [1.54, 1.807) is 28.6 Å². The highest BCUT2D eigenvalue weighted by Gasteiger charge is 2.25. The molecule has 3 rings (SSSR count). The van der Waals surface area contributed by atoms with Crippen LogP contribution in [0.5, 0.6) is 0 Å². The van der Waals surface area contributed by atoms with E-state index >= 15 is 0 Å². The molecular formula is C21H27N3O3S. The van der Waals surface area contributed by atoms with Gasteiger partial charge in [-0.15, -0.1) is 0 Å². The number of nitrogens with zero attached hydrogens (tertiary/aromatic N) is 1. The van der Waals surface area contributed by atoms with Crippen LogP contribution in [0.4, 0.5) is 5.69 Å². The second-order valence-electron chi connectivity index (χ2n) is 7.05. The summed E-state index contributed by atoms with van der Waals surface area (Å²) < 4.78 is 26.9. The molecule has 0 aliphatic carbocycles. The van der Waals surface area contributed by atoms with Crippen molar-refractivity contribution < 1.29 is 13.2 Å². The molecule has 2 aromatic rings. The minimum absolute atomic E-state index is 0.0593. The number of carbonyl (C=O) groups excluding carboxylic acids is 1. The van der Waals surface area contributed by atoms with Crippen LogP contribution in [-0.4, -0.2) is 38.3 Å². The zero-order chi connectivity index (χ0) is 20.0. The fourth-order valence-corrected chi connectivity index (χ4v) is 4.79. The highest BCUT2D eigenvalue weighted by Crippen LogP contribution is 2.22. The topological polar surface area (TPSA) is 78.5 Å². The Morgan fingerprint density at radius 2 is 1.64 bits per heavy atom. The molecule has 6 nitrogen and oxygen atoms in total.